The average molecular weight is 262 g/mol. The van der Waals surface area contributed by atoms with E-state index in [9.17, 15) is 4.79 Å². The number of esters is 1. The van der Waals surface area contributed by atoms with E-state index in [0.717, 1.165) is 30.6 Å². The van der Waals surface area contributed by atoms with E-state index in [1.54, 1.807) is 19.2 Å². The molecule has 0 aromatic heterocycles. The second-order valence-electron chi connectivity index (χ2n) is 5.28. The number of carbonyl (C=O) groups is 1. The molecule has 102 valence electrons. The van der Waals surface area contributed by atoms with E-state index in [4.69, 9.17) is 14.2 Å². The molecule has 1 spiro atoms. The van der Waals surface area contributed by atoms with Crippen molar-refractivity contribution in [2.75, 3.05) is 14.2 Å². The van der Waals surface area contributed by atoms with Gasteiger partial charge in [0.25, 0.3) is 0 Å². The zero-order chi connectivity index (χ0) is 13.5. The maximum absolute atomic E-state index is 11.9. The third-order valence-corrected chi connectivity index (χ3v) is 4.18. The lowest BCUT2D eigenvalue weighted by atomic mass is 9.93. The van der Waals surface area contributed by atoms with Crippen molar-refractivity contribution in [1.29, 1.82) is 0 Å². The minimum absolute atomic E-state index is 0.125. The molecular weight excluding hydrogens is 244 g/mol. The number of carbonyl (C=O) groups excluding carboxylic acids is 1. The van der Waals surface area contributed by atoms with Crippen molar-refractivity contribution in [3.05, 3.63) is 23.3 Å². The van der Waals surface area contributed by atoms with E-state index in [0.29, 0.717) is 11.3 Å². The van der Waals surface area contributed by atoms with Crippen LogP contribution in [0.3, 0.4) is 0 Å². The van der Waals surface area contributed by atoms with Crippen LogP contribution in [0, 0.1) is 0 Å². The molecule has 0 bridgehead atoms. The summed E-state index contributed by atoms with van der Waals surface area (Å²) in [4.78, 5) is 11.9. The average Bonchev–Trinajstić information content (AvgIpc) is 3.03. The summed E-state index contributed by atoms with van der Waals surface area (Å²) < 4.78 is 16.4. The van der Waals surface area contributed by atoms with Crippen LogP contribution < -0.4 is 9.47 Å². The first-order valence-corrected chi connectivity index (χ1v) is 6.66. The summed E-state index contributed by atoms with van der Waals surface area (Å²) in [6.45, 7) is 0. The molecule has 1 saturated carbocycles. The number of benzene rings is 1. The molecule has 0 amide bonds. The van der Waals surface area contributed by atoms with Crippen LogP contribution in [0.1, 0.15) is 41.6 Å². The van der Waals surface area contributed by atoms with Crippen molar-refractivity contribution in [3.63, 3.8) is 0 Å². The number of hydrogen-bond acceptors (Lipinski definition) is 4. The fourth-order valence-electron chi connectivity index (χ4n) is 3.23. The Bertz CT molecular complexity index is 515. The van der Waals surface area contributed by atoms with Crippen molar-refractivity contribution in [2.24, 2.45) is 0 Å². The van der Waals surface area contributed by atoms with Gasteiger partial charge in [-0.15, -0.1) is 0 Å². The number of hydrogen-bond donors (Lipinski definition) is 0. The zero-order valence-electron chi connectivity index (χ0n) is 11.3. The van der Waals surface area contributed by atoms with Gasteiger partial charge in [-0.25, -0.2) is 4.79 Å². The predicted octanol–water partition coefficient (Wildman–Crippen LogP) is 2.73. The van der Waals surface area contributed by atoms with Crippen LogP contribution in [0.2, 0.25) is 0 Å². The second kappa shape index (κ2) is 4.44. The quantitative estimate of drug-likeness (QED) is 0.769. The van der Waals surface area contributed by atoms with Gasteiger partial charge < -0.3 is 14.2 Å². The van der Waals surface area contributed by atoms with Gasteiger partial charge in [0.05, 0.1) is 19.8 Å². The minimum Gasteiger partial charge on any atom is -0.493 e. The summed E-state index contributed by atoms with van der Waals surface area (Å²) in [6.07, 6.45) is 5.24. The van der Waals surface area contributed by atoms with Gasteiger partial charge in [0.15, 0.2) is 11.5 Å². The molecule has 1 aromatic carbocycles. The summed E-state index contributed by atoms with van der Waals surface area (Å²) in [5.41, 5.74) is 1.41. The van der Waals surface area contributed by atoms with Gasteiger partial charge in [-0.2, -0.15) is 0 Å². The zero-order valence-corrected chi connectivity index (χ0v) is 11.3. The Morgan fingerprint density at radius 2 is 2.00 bits per heavy atom. The van der Waals surface area contributed by atoms with Crippen LogP contribution in [0.15, 0.2) is 12.1 Å². The van der Waals surface area contributed by atoms with Crippen molar-refractivity contribution in [2.45, 2.75) is 37.7 Å². The fraction of sp³-hybridized carbons (Fsp3) is 0.533. The lowest BCUT2D eigenvalue weighted by Gasteiger charge is -2.22. The Hall–Kier alpha value is -1.71. The molecule has 1 aliphatic carbocycles. The van der Waals surface area contributed by atoms with Crippen molar-refractivity contribution >= 4 is 5.97 Å². The third-order valence-electron chi connectivity index (χ3n) is 4.18. The number of fused-ring (bicyclic) bond motifs is 1. The monoisotopic (exact) mass is 262 g/mol. The van der Waals surface area contributed by atoms with Gasteiger partial charge in [0.1, 0.15) is 5.60 Å². The Morgan fingerprint density at radius 1 is 1.26 bits per heavy atom. The normalized spacial score (nSPS) is 19.1. The molecule has 0 saturated heterocycles. The van der Waals surface area contributed by atoms with E-state index >= 15 is 0 Å². The predicted molar refractivity (Wildman–Crippen MR) is 69.9 cm³/mol. The molecule has 0 radical (unpaired) electrons. The summed E-state index contributed by atoms with van der Waals surface area (Å²) in [5.74, 6) is 1.12. The van der Waals surface area contributed by atoms with E-state index in [2.05, 4.69) is 0 Å². The fourth-order valence-corrected chi connectivity index (χ4v) is 3.23. The first-order valence-electron chi connectivity index (χ1n) is 6.66. The van der Waals surface area contributed by atoms with Crippen molar-refractivity contribution in [1.82, 2.24) is 0 Å². The van der Waals surface area contributed by atoms with Gasteiger partial charge in [-0.05, 0) is 37.8 Å². The van der Waals surface area contributed by atoms with Crippen LogP contribution in [0.5, 0.6) is 11.5 Å². The summed E-state index contributed by atoms with van der Waals surface area (Å²) in [5, 5.41) is 0. The topological polar surface area (TPSA) is 44.8 Å². The molecule has 2 aliphatic rings. The van der Waals surface area contributed by atoms with Crippen LogP contribution in [0.25, 0.3) is 0 Å². The molecule has 19 heavy (non-hydrogen) atoms. The molecule has 0 atom stereocenters. The molecular formula is C15H18O4. The third kappa shape index (κ3) is 1.86. The molecule has 4 heteroatoms. The molecule has 4 nitrogen and oxygen atoms in total. The summed E-state index contributed by atoms with van der Waals surface area (Å²) >= 11 is 0. The highest BCUT2D eigenvalue weighted by atomic mass is 16.5. The maximum atomic E-state index is 11.9. The van der Waals surface area contributed by atoms with Crippen LogP contribution in [0.4, 0.5) is 0 Å². The molecule has 1 fully saturated rings. The van der Waals surface area contributed by atoms with E-state index in [1.807, 2.05) is 0 Å². The smallest absolute Gasteiger partial charge is 0.338 e. The first-order chi connectivity index (χ1) is 9.19. The lowest BCUT2D eigenvalue weighted by molar-refractivity contribution is 0.0599. The van der Waals surface area contributed by atoms with E-state index < -0.39 is 0 Å². The maximum Gasteiger partial charge on any atom is 0.338 e. The number of ether oxygens (including phenoxy) is 3. The highest BCUT2D eigenvalue weighted by Gasteiger charge is 2.44. The Kier molecular flexibility index (Phi) is 2.88. The molecule has 1 aromatic rings. The van der Waals surface area contributed by atoms with Gasteiger partial charge in [0, 0.05) is 12.0 Å². The van der Waals surface area contributed by atoms with E-state index in [1.165, 1.54) is 20.0 Å². The van der Waals surface area contributed by atoms with E-state index in [-0.39, 0.29) is 11.6 Å². The molecule has 1 heterocycles. The Balaban J connectivity index is 2.06. The van der Waals surface area contributed by atoms with Crippen LogP contribution in [-0.2, 0) is 11.2 Å². The van der Waals surface area contributed by atoms with Gasteiger partial charge >= 0.3 is 5.97 Å². The standard InChI is InChI=1S/C15H18O4/c1-17-12-6-5-10(14(16)18-2)11-9-15(19-13(11)12)7-3-4-8-15/h5-6H,3-4,7-9H2,1-2H3. The van der Waals surface area contributed by atoms with Gasteiger partial charge in [-0.1, -0.05) is 0 Å². The first kappa shape index (κ1) is 12.3. The van der Waals surface area contributed by atoms with Crippen LogP contribution in [-0.4, -0.2) is 25.8 Å². The SMILES string of the molecule is COC(=O)c1ccc(OC)c2c1CC1(CCCC1)O2. The molecule has 1 aliphatic heterocycles. The highest BCUT2D eigenvalue weighted by Crippen LogP contribution is 2.49. The van der Waals surface area contributed by atoms with Crippen LogP contribution >= 0.6 is 0 Å². The molecule has 0 unspecified atom stereocenters. The summed E-state index contributed by atoms with van der Waals surface area (Å²) in [7, 11) is 3.02. The highest BCUT2D eigenvalue weighted by molar-refractivity contribution is 5.92. The van der Waals surface area contributed by atoms with Crippen molar-refractivity contribution in [3.8, 4) is 11.5 Å². The molecule has 3 rings (SSSR count). The molecule has 0 N–H and O–H groups in total. The number of methoxy groups -OCH3 is 2. The van der Waals surface area contributed by atoms with Gasteiger partial charge in [-0.3, -0.25) is 0 Å². The minimum atomic E-state index is -0.308. The Labute approximate surface area is 112 Å². The number of rotatable bonds is 2. The summed E-state index contributed by atoms with van der Waals surface area (Å²) in [6, 6.07) is 3.54. The lowest BCUT2D eigenvalue weighted by Crippen LogP contribution is -2.30. The Morgan fingerprint density at radius 3 is 2.63 bits per heavy atom. The van der Waals surface area contributed by atoms with Gasteiger partial charge in [0.2, 0.25) is 0 Å². The second-order valence-corrected chi connectivity index (χ2v) is 5.28. The van der Waals surface area contributed by atoms with Crippen molar-refractivity contribution < 1.29 is 19.0 Å². The largest absolute Gasteiger partial charge is 0.493 e.